The van der Waals surface area contributed by atoms with Crippen molar-refractivity contribution in [3.05, 3.63) is 94.0 Å². The third kappa shape index (κ3) is 4.42. The maximum absolute atomic E-state index is 13.2. The van der Waals surface area contributed by atoms with Crippen molar-refractivity contribution in [1.29, 1.82) is 0 Å². The monoisotopic (exact) mass is 459 g/mol. The summed E-state index contributed by atoms with van der Waals surface area (Å²) < 4.78 is 5.01. The maximum atomic E-state index is 13.2. The lowest BCUT2D eigenvalue weighted by Gasteiger charge is -2.21. The van der Waals surface area contributed by atoms with Gasteiger partial charge in [0.1, 0.15) is 11.4 Å². The topological polar surface area (TPSA) is 126 Å². The number of methoxy groups -OCH3 is 1. The molecule has 0 saturated carbocycles. The van der Waals surface area contributed by atoms with Crippen molar-refractivity contribution in [1.82, 2.24) is 5.32 Å². The van der Waals surface area contributed by atoms with E-state index in [1.165, 1.54) is 30.2 Å². The summed E-state index contributed by atoms with van der Waals surface area (Å²) in [5.41, 5.74) is 2.30. The summed E-state index contributed by atoms with van der Waals surface area (Å²) in [5, 5.41) is 16.4. The molecule has 10 nitrogen and oxygen atoms in total. The van der Waals surface area contributed by atoms with Gasteiger partial charge in [0.05, 0.1) is 29.5 Å². The summed E-state index contributed by atoms with van der Waals surface area (Å²) in [4.78, 5) is 42.8. The zero-order valence-corrected chi connectivity index (χ0v) is 18.4. The van der Waals surface area contributed by atoms with Gasteiger partial charge in [-0.05, 0) is 18.2 Å². The Kier molecular flexibility index (Phi) is 6.22. The van der Waals surface area contributed by atoms with Crippen LogP contribution >= 0.6 is 0 Å². The first-order chi connectivity index (χ1) is 16.4. The molecule has 3 aromatic carbocycles. The van der Waals surface area contributed by atoms with E-state index < -0.39 is 23.0 Å². The van der Waals surface area contributed by atoms with Crippen LogP contribution in [0.1, 0.15) is 11.1 Å². The summed E-state index contributed by atoms with van der Waals surface area (Å²) in [5.74, 6) is -0.189. The highest BCUT2D eigenvalue weighted by Crippen LogP contribution is 2.29. The molecule has 0 saturated heterocycles. The van der Waals surface area contributed by atoms with Crippen LogP contribution in [0.2, 0.25) is 0 Å². The summed E-state index contributed by atoms with van der Waals surface area (Å²) in [6.45, 7) is 0. The second-order valence-corrected chi connectivity index (χ2v) is 7.40. The number of amides is 3. The van der Waals surface area contributed by atoms with Crippen molar-refractivity contribution >= 4 is 34.7 Å². The fourth-order valence-electron chi connectivity index (χ4n) is 3.62. The van der Waals surface area contributed by atoms with Gasteiger partial charge in [-0.3, -0.25) is 14.9 Å². The zero-order valence-electron chi connectivity index (χ0n) is 18.4. The second kappa shape index (κ2) is 9.41. The second-order valence-electron chi connectivity index (χ2n) is 7.40. The van der Waals surface area contributed by atoms with Gasteiger partial charge < -0.3 is 20.3 Å². The first-order valence-electron chi connectivity index (χ1n) is 10.3. The Hall–Kier alpha value is -4.73. The standard InChI is InChI=1S/C24H21N5O5/c1-28-19-11-7-6-10-17(19)21(15-8-4-3-5-9-15)26-22(23(28)30)27-24(31)25-18-13-12-16(34-2)14-20(18)29(32)33/h3-14,22H,1-2H3,(H2,25,27,31)/t22-/m1/s1. The van der Waals surface area contributed by atoms with Crippen molar-refractivity contribution in [2.75, 3.05) is 24.4 Å². The van der Waals surface area contributed by atoms with Crippen LogP contribution < -0.4 is 20.3 Å². The Labute approximate surface area is 195 Å². The number of para-hydroxylation sites is 1. The number of carbonyl (C=O) groups is 2. The van der Waals surface area contributed by atoms with Crippen molar-refractivity contribution in [3.8, 4) is 5.75 Å². The molecule has 1 aliphatic heterocycles. The van der Waals surface area contributed by atoms with Crippen LogP contribution in [0.3, 0.4) is 0 Å². The van der Waals surface area contributed by atoms with Crippen molar-refractivity contribution in [2.45, 2.75) is 6.17 Å². The number of anilines is 2. The normalized spacial score (nSPS) is 15.0. The van der Waals surface area contributed by atoms with E-state index in [4.69, 9.17) is 4.74 Å². The van der Waals surface area contributed by atoms with Gasteiger partial charge in [-0.2, -0.15) is 0 Å². The molecule has 4 rings (SSSR count). The number of aliphatic imine (C=N–C) groups is 1. The Morgan fingerprint density at radius 3 is 2.50 bits per heavy atom. The van der Waals surface area contributed by atoms with Crippen LogP contribution in [0, 0.1) is 10.1 Å². The molecule has 0 radical (unpaired) electrons. The molecular formula is C24H21N5O5. The van der Waals surface area contributed by atoms with E-state index in [0.717, 1.165) is 11.1 Å². The van der Waals surface area contributed by atoms with Crippen LogP contribution in [-0.4, -0.2) is 42.9 Å². The van der Waals surface area contributed by atoms with E-state index in [1.54, 1.807) is 13.1 Å². The average Bonchev–Trinajstić information content (AvgIpc) is 2.95. The minimum absolute atomic E-state index is 0.0479. The van der Waals surface area contributed by atoms with E-state index in [2.05, 4.69) is 15.6 Å². The van der Waals surface area contributed by atoms with Gasteiger partial charge in [0.25, 0.3) is 11.6 Å². The number of nitro benzene ring substituents is 1. The Morgan fingerprint density at radius 1 is 1.09 bits per heavy atom. The number of fused-ring (bicyclic) bond motifs is 1. The van der Waals surface area contributed by atoms with Crippen LogP contribution in [0.25, 0.3) is 0 Å². The predicted octanol–water partition coefficient (Wildman–Crippen LogP) is 3.57. The molecular weight excluding hydrogens is 438 g/mol. The summed E-state index contributed by atoms with van der Waals surface area (Å²) in [6, 6.07) is 19.8. The van der Waals surface area contributed by atoms with E-state index in [1.807, 2.05) is 48.5 Å². The number of hydrogen-bond donors (Lipinski definition) is 2. The molecule has 0 aliphatic carbocycles. The lowest BCUT2D eigenvalue weighted by atomic mass is 10.0. The Bertz CT molecular complexity index is 1290. The number of benzene rings is 3. The molecule has 34 heavy (non-hydrogen) atoms. The third-order valence-electron chi connectivity index (χ3n) is 5.31. The number of hydrogen-bond acceptors (Lipinski definition) is 6. The molecule has 0 aromatic heterocycles. The minimum atomic E-state index is -1.26. The Balaban J connectivity index is 1.67. The molecule has 0 fully saturated rings. The molecule has 1 aliphatic rings. The Morgan fingerprint density at radius 2 is 1.79 bits per heavy atom. The fraction of sp³-hybridized carbons (Fsp3) is 0.125. The summed E-state index contributed by atoms with van der Waals surface area (Å²) in [7, 11) is 2.99. The molecule has 1 heterocycles. The van der Waals surface area contributed by atoms with E-state index in [9.17, 15) is 19.7 Å². The fourth-order valence-corrected chi connectivity index (χ4v) is 3.62. The maximum Gasteiger partial charge on any atom is 0.321 e. The van der Waals surface area contributed by atoms with Gasteiger partial charge in [-0.25, -0.2) is 9.79 Å². The van der Waals surface area contributed by atoms with Gasteiger partial charge >= 0.3 is 6.03 Å². The van der Waals surface area contributed by atoms with Crippen LogP contribution in [-0.2, 0) is 4.79 Å². The number of nitrogens with one attached hydrogen (secondary N) is 2. The van der Waals surface area contributed by atoms with Crippen LogP contribution in [0.4, 0.5) is 21.9 Å². The number of rotatable bonds is 5. The molecule has 0 unspecified atom stereocenters. The highest BCUT2D eigenvalue weighted by molar-refractivity contribution is 6.20. The molecule has 3 aromatic rings. The quantitative estimate of drug-likeness (QED) is 0.446. The number of urea groups is 1. The van der Waals surface area contributed by atoms with Crippen molar-refractivity contribution in [3.63, 3.8) is 0 Å². The van der Waals surface area contributed by atoms with Crippen LogP contribution in [0.15, 0.2) is 77.8 Å². The third-order valence-corrected chi connectivity index (χ3v) is 5.31. The van der Waals surface area contributed by atoms with Gasteiger partial charge in [0, 0.05) is 18.2 Å². The molecule has 1 atom stereocenters. The number of carbonyl (C=O) groups excluding carboxylic acids is 2. The number of benzodiazepines with no additional fused rings is 1. The molecule has 172 valence electrons. The molecule has 3 amide bonds. The van der Waals surface area contributed by atoms with Crippen molar-refractivity contribution in [2.24, 2.45) is 4.99 Å². The highest BCUT2D eigenvalue weighted by atomic mass is 16.6. The van der Waals surface area contributed by atoms with E-state index in [-0.39, 0.29) is 17.1 Å². The highest BCUT2D eigenvalue weighted by Gasteiger charge is 2.31. The minimum Gasteiger partial charge on any atom is -0.496 e. The molecule has 0 bridgehead atoms. The number of ether oxygens (including phenoxy) is 1. The summed E-state index contributed by atoms with van der Waals surface area (Å²) in [6.07, 6.45) is -1.26. The zero-order chi connectivity index (χ0) is 24.2. The number of likely N-dealkylation sites (N-methyl/N-ethyl adjacent to an activating group) is 1. The van der Waals surface area contributed by atoms with Gasteiger partial charge in [0.15, 0.2) is 0 Å². The first kappa shape index (κ1) is 22.5. The molecule has 0 spiro atoms. The smallest absolute Gasteiger partial charge is 0.321 e. The van der Waals surface area contributed by atoms with Gasteiger partial charge in [0.2, 0.25) is 6.17 Å². The van der Waals surface area contributed by atoms with E-state index >= 15 is 0 Å². The van der Waals surface area contributed by atoms with Crippen LogP contribution in [0.5, 0.6) is 5.75 Å². The molecule has 2 N–H and O–H groups in total. The summed E-state index contributed by atoms with van der Waals surface area (Å²) >= 11 is 0. The first-order valence-corrected chi connectivity index (χ1v) is 10.3. The number of nitrogens with zero attached hydrogens (tertiary/aromatic N) is 3. The van der Waals surface area contributed by atoms with Gasteiger partial charge in [-0.1, -0.05) is 48.5 Å². The predicted molar refractivity (Wildman–Crippen MR) is 128 cm³/mol. The average molecular weight is 459 g/mol. The lowest BCUT2D eigenvalue weighted by Crippen LogP contribution is -2.47. The van der Waals surface area contributed by atoms with Gasteiger partial charge in [-0.15, -0.1) is 0 Å². The lowest BCUT2D eigenvalue weighted by molar-refractivity contribution is -0.384. The number of nitro groups is 1. The SMILES string of the molecule is COc1ccc(NC(=O)N[C@H]2N=C(c3ccccc3)c3ccccc3N(C)C2=O)c([N+](=O)[O-])c1. The van der Waals surface area contributed by atoms with Crippen molar-refractivity contribution < 1.29 is 19.2 Å². The largest absolute Gasteiger partial charge is 0.496 e. The molecule has 10 heteroatoms. The van der Waals surface area contributed by atoms with E-state index in [0.29, 0.717) is 11.4 Å².